The highest BCUT2D eigenvalue weighted by atomic mass is 16.4. The van der Waals surface area contributed by atoms with Crippen LogP contribution in [0.3, 0.4) is 0 Å². The lowest BCUT2D eigenvalue weighted by Crippen LogP contribution is -2.44. The van der Waals surface area contributed by atoms with E-state index in [1.807, 2.05) is 37.3 Å². The first-order chi connectivity index (χ1) is 9.02. The third-order valence-corrected chi connectivity index (χ3v) is 2.89. The Morgan fingerprint density at radius 2 is 1.95 bits per heavy atom. The highest BCUT2D eigenvalue weighted by molar-refractivity contribution is 5.84. The Bertz CT molecular complexity index is 420. The van der Waals surface area contributed by atoms with E-state index in [9.17, 15) is 9.59 Å². The quantitative estimate of drug-likeness (QED) is 0.683. The molecule has 0 radical (unpaired) electrons. The largest absolute Gasteiger partial charge is 0.480 e. The zero-order valence-corrected chi connectivity index (χ0v) is 11.0. The van der Waals surface area contributed by atoms with E-state index in [0.717, 1.165) is 5.56 Å². The number of hydrogen-bond acceptors (Lipinski definition) is 3. The maximum absolute atomic E-state index is 11.7. The molecular weight excluding hydrogens is 244 g/mol. The molecule has 1 amide bonds. The van der Waals surface area contributed by atoms with Gasteiger partial charge in [0.25, 0.3) is 0 Å². The maximum atomic E-state index is 11.7. The molecule has 5 nitrogen and oxygen atoms in total. The van der Waals surface area contributed by atoms with Crippen molar-refractivity contribution in [2.45, 2.75) is 38.3 Å². The lowest BCUT2D eigenvalue weighted by molar-refractivity contribution is -0.141. The molecule has 0 aromatic heterocycles. The molecule has 0 fully saturated rings. The van der Waals surface area contributed by atoms with Gasteiger partial charge in [0.15, 0.2) is 0 Å². The normalized spacial score (nSPS) is 13.6. The molecule has 0 saturated heterocycles. The van der Waals surface area contributed by atoms with Crippen LogP contribution in [0.25, 0.3) is 0 Å². The molecule has 1 aromatic rings. The lowest BCUT2D eigenvalue weighted by atomic mass is 10.1. The minimum atomic E-state index is -1.04. The Morgan fingerprint density at radius 3 is 2.47 bits per heavy atom. The van der Waals surface area contributed by atoms with Crippen LogP contribution in [0.5, 0.6) is 0 Å². The Kier molecular flexibility index (Phi) is 6.02. The molecule has 0 spiro atoms. The minimum Gasteiger partial charge on any atom is -0.480 e. The van der Waals surface area contributed by atoms with Crippen molar-refractivity contribution in [3.05, 3.63) is 35.9 Å². The average Bonchev–Trinajstić information content (AvgIpc) is 2.38. The van der Waals surface area contributed by atoms with Crippen LogP contribution in [-0.2, 0) is 16.0 Å². The fourth-order valence-electron chi connectivity index (χ4n) is 1.69. The van der Waals surface area contributed by atoms with Gasteiger partial charge < -0.3 is 16.2 Å². The van der Waals surface area contributed by atoms with E-state index >= 15 is 0 Å². The average molecular weight is 264 g/mol. The summed E-state index contributed by atoms with van der Waals surface area (Å²) in [5, 5.41) is 11.6. The lowest BCUT2D eigenvalue weighted by Gasteiger charge is -2.16. The fraction of sp³-hybridized carbons (Fsp3) is 0.429. The van der Waals surface area contributed by atoms with Crippen molar-refractivity contribution in [2.24, 2.45) is 5.73 Å². The van der Waals surface area contributed by atoms with Gasteiger partial charge >= 0.3 is 5.97 Å². The zero-order valence-electron chi connectivity index (χ0n) is 11.0. The summed E-state index contributed by atoms with van der Waals surface area (Å²) in [5.41, 5.74) is 6.54. The van der Waals surface area contributed by atoms with Crippen LogP contribution >= 0.6 is 0 Å². The predicted octanol–water partition coefficient (Wildman–Crippen LogP) is 0.926. The molecular formula is C14H20N2O3. The number of benzene rings is 1. The molecule has 0 heterocycles. The van der Waals surface area contributed by atoms with Gasteiger partial charge in [-0.25, -0.2) is 4.79 Å². The van der Waals surface area contributed by atoms with Crippen molar-refractivity contribution in [2.75, 3.05) is 0 Å². The van der Waals surface area contributed by atoms with Gasteiger partial charge in [0.1, 0.15) is 6.04 Å². The standard InChI is InChI=1S/C14H20N2O3/c1-2-11(15)9-13(17)16-12(14(18)19)8-10-6-4-3-5-7-10/h3-7,11-12H,2,8-9,15H2,1H3,(H,16,17)(H,18,19)/t11?,12-/m1/s1. The second kappa shape index (κ2) is 7.53. The van der Waals surface area contributed by atoms with Crippen molar-refractivity contribution < 1.29 is 14.7 Å². The van der Waals surface area contributed by atoms with Gasteiger partial charge in [-0.05, 0) is 12.0 Å². The number of aliphatic carboxylic acids is 1. The summed E-state index contributed by atoms with van der Waals surface area (Å²) in [6.07, 6.45) is 1.10. The summed E-state index contributed by atoms with van der Waals surface area (Å²) in [4.78, 5) is 22.8. The number of hydrogen-bond donors (Lipinski definition) is 3. The molecule has 0 aliphatic carbocycles. The van der Waals surface area contributed by atoms with Gasteiger partial charge in [-0.1, -0.05) is 37.3 Å². The van der Waals surface area contributed by atoms with Crippen molar-refractivity contribution in [3.63, 3.8) is 0 Å². The van der Waals surface area contributed by atoms with Gasteiger partial charge in [-0.2, -0.15) is 0 Å². The predicted molar refractivity (Wildman–Crippen MR) is 72.6 cm³/mol. The van der Waals surface area contributed by atoms with Crippen LogP contribution in [0.1, 0.15) is 25.3 Å². The fourth-order valence-corrected chi connectivity index (χ4v) is 1.69. The monoisotopic (exact) mass is 264 g/mol. The van der Waals surface area contributed by atoms with Crippen LogP contribution in [0, 0.1) is 0 Å². The van der Waals surface area contributed by atoms with Crippen molar-refractivity contribution in [3.8, 4) is 0 Å². The summed E-state index contributed by atoms with van der Waals surface area (Å²) < 4.78 is 0. The number of carbonyl (C=O) groups excluding carboxylic acids is 1. The van der Waals surface area contributed by atoms with Crippen LogP contribution in [0.4, 0.5) is 0 Å². The smallest absolute Gasteiger partial charge is 0.326 e. The number of carboxylic acid groups (broad SMARTS) is 1. The SMILES string of the molecule is CCC(N)CC(=O)N[C@H](Cc1ccccc1)C(=O)O. The Labute approximate surface area is 112 Å². The van der Waals surface area contributed by atoms with Crippen LogP contribution in [-0.4, -0.2) is 29.1 Å². The first-order valence-electron chi connectivity index (χ1n) is 6.34. The zero-order chi connectivity index (χ0) is 14.3. The summed E-state index contributed by atoms with van der Waals surface area (Å²) >= 11 is 0. The molecule has 5 heteroatoms. The first-order valence-corrected chi connectivity index (χ1v) is 6.34. The summed E-state index contributed by atoms with van der Waals surface area (Å²) in [6, 6.07) is 8.05. The topological polar surface area (TPSA) is 92.4 Å². The molecule has 1 unspecified atom stereocenters. The van der Waals surface area contributed by atoms with E-state index in [1.165, 1.54) is 0 Å². The number of carboxylic acids is 1. The molecule has 1 aromatic carbocycles. The number of rotatable bonds is 7. The number of nitrogens with two attached hydrogens (primary N) is 1. The molecule has 0 aliphatic rings. The van der Waals surface area contributed by atoms with E-state index < -0.39 is 12.0 Å². The number of carbonyl (C=O) groups is 2. The molecule has 4 N–H and O–H groups in total. The Balaban J connectivity index is 2.59. The molecule has 104 valence electrons. The van der Waals surface area contributed by atoms with E-state index in [2.05, 4.69) is 5.32 Å². The molecule has 2 atom stereocenters. The van der Waals surface area contributed by atoms with E-state index in [4.69, 9.17) is 10.8 Å². The van der Waals surface area contributed by atoms with Gasteiger partial charge in [-0.15, -0.1) is 0 Å². The Hall–Kier alpha value is -1.88. The van der Waals surface area contributed by atoms with Crippen LogP contribution < -0.4 is 11.1 Å². The van der Waals surface area contributed by atoms with Gasteiger partial charge in [0, 0.05) is 18.9 Å². The summed E-state index contributed by atoms with van der Waals surface area (Å²) in [7, 11) is 0. The van der Waals surface area contributed by atoms with E-state index in [1.54, 1.807) is 0 Å². The maximum Gasteiger partial charge on any atom is 0.326 e. The molecule has 0 aliphatic heterocycles. The van der Waals surface area contributed by atoms with Crippen LogP contribution in [0.15, 0.2) is 30.3 Å². The van der Waals surface area contributed by atoms with Crippen molar-refractivity contribution in [1.29, 1.82) is 0 Å². The third kappa shape index (κ3) is 5.52. The van der Waals surface area contributed by atoms with Crippen molar-refractivity contribution >= 4 is 11.9 Å². The molecule has 0 saturated carbocycles. The third-order valence-electron chi connectivity index (χ3n) is 2.89. The highest BCUT2D eigenvalue weighted by Gasteiger charge is 2.20. The molecule has 0 bridgehead atoms. The molecule has 19 heavy (non-hydrogen) atoms. The van der Waals surface area contributed by atoms with Crippen molar-refractivity contribution in [1.82, 2.24) is 5.32 Å². The Morgan fingerprint density at radius 1 is 1.32 bits per heavy atom. The van der Waals surface area contributed by atoms with Crippen LogP contribution in [0.2, 0.25) is 0 Å². The summed E-state index contributed by atoms with van der Waals surface area (Å²) in [5.74, 6) is -1.36. The minimum absolute atomic E-state index is 0.148. The second-order valence-electron chi connectivity index (χ2n) is 4.52. The molecule has 1 rings (SSSR count). The van der Waals surface area contributed by atoms with Gasteiger partial charge in [0.05, 0.1) is 0 Å². The first kappa shape index (κ1) is 15.2. The summed E-state index contributed by atoms with van der Waals surface area (Å²) in [6.45, 7) is 1.89. The highest BCUT2D eigenvalue weighted by Crippen LogP contribution is 2.04. The van der Waals surface area contributed by atoms with E-state index in [-0.39, 0.29) is 24.8 Å². The van der Waals surface area contributed by atoms with Gasteiger partial charge in [0.2, 0.25) is 5.91 Å². The number of amides is 1. The second-order valence-corrected chi connectivity index (χ2v) is 4.52. The van der Waals surface area contributed by atoms with Gasteiger partial charge in [-0.3, -0.25) is 4.79 Å². The van der Waals surface area contributed by atoms with E-state index in [0.29, 0.717) is 6.42 Å². The number of nitrogens with one attached hydrogen (secondary N) is 1.